The molecule has 1 aromatic heterocycles. The van der Waals surface area contributed by atoms with E-state index in [1.165, 1.54) is 41.8 Å². The molecule has 0 unspecified atom stereocenters. The summed E-state index contributed by atoms with van der Waals surface area (Å²) >= 11 is 0. The molecule has 2 heterocycles. The molecule has 1 saturated heterocycles. The number of rotatable bonds is 8. The number of sulfonamides is 1. The summed E-state index contributed by atoms with van der Waals surface area (Å²) in [5.74, 6) is -1.52. The summed E-state index contributed by atoms with van der Waals surface area (Å²) in [7, 11) is -3.77. The van der Waals surface area contributed by atoms with Gasteiger partial charge in [-0.1, -0.05) is 12.1 Å². The van der Waals surface area contributed by atoms with Crippen LogP contribution in [0.25, 0.3) is 0 Å². The fourth-order valence-electron chi connectivity index (χ4n) is 3.45. The van der Waals surface area contributed by atoms with Gasteiger partial charge < -0.3 is 13.9 Å². The predicted molar refractivity (Wildman–Crippen MR) is 112 cm³/mol. The van der Waals surface area contributed by atoms with E-state index in [1.807, 2.05) is 0 Å². The maximum Gasteiger partial charge on any atom is 0.341 e. The van der Waals surface area contributed by atoms with Gasteiger partial charge in [0.25, 0.3) is 0 Å². The Hall–Kier alpha value is -2.98. The van der Waals surface area contributed by atoms with Crippen LogP contribution in [-0.2, 0) is 30.9 Å². The van der Waals surface area contributed by atoms with Gasteiger partial charge in [0.05, 0.1) is 23.7 Å². The molecular weight excluding hydrogens is 438 g/mol. The molecule has 0 N–H and O–H groups in total. The van der Waals surface area contributed by atoms with Crippen LogP contribution in [0.3, 0.4) is 0 Å². The van der Waals surface area contributed by atoms with Crippen molar-refractivity contribution >= 4 is 27.7 Å². The molecule has 0 bridgehead atoms. The van der Waals surface area contributed by atoms with Gasteiger partial charge in [0.2, 0.25) is 10.0 Å². The van der Waals surface area contributed by atoms with Crippen LogP contribution in [0.1, 0.15) is 53.2 Å². The first-order valence-corrected chi connectivity index (χ1v) is 11.7. The van der Waals surface area contributed by atoms with Gasteiger partial charge in [-0.05, 0) is 44.9 Å². The van der Waals surface area contributed by atoms with Crippen molar-refractivity contribution in [1.82, 2.24) is 4.31 Å². The molecule has 10 heteroatoms. The van der Waals surface area contributed by atoms with Crippen molar-refractivity contribution < 1.29 is 36.7 Å². The van der Waals surface area contributed by atoms with Crippen LogP contribution < -0.4 is 0 Å². The number of piperidine rings is 1. The second-order valence-electron chi connectivity index (χ2n) is 7.35. The summed E-state index contributed by atoms with van der Waals surface area (Å²) in [5.41, 5.74) is 0.526. The number of carbonyl (C=O) groups excluding carboxylic acids is 3. The first-order chi connectivity index (χ1) is 15.2. The van der Waals surface area contributed by atoms with E-state index in [-0.39, 0.29) is 48.3 Å². The number of hydrogen-bond donors (Lipinski definition) is 0. The maximum atomic E-state index is 12.9. The molecule has 0 radical (unpaired) electrons. The third kappa shape index (κ3) is 5.25. The zero-order valence-electron chi connectivity index (χ0n) is 17.9. The summed E-state index contributed by atoms with van der Waals surface area (Å²) in [6.07, 6.45) is 1.92. The smallest absolute Gasteiger partial charge is 0.341 e. The van der Waals surface area contributed by atoms with Crippen LogP contribution in [0.4, 0.5) is 0 Å². The Balaban J connectivity index is 1.57. The van der Waals surface area contributed by atoms with Crippen molar-refractivity contribution in [3.05, 3.63) is 53.5 Å². The quantitative estimate of drug-likeness (QED) is 0.433. The molecule has 1 aliphatic rings. The SMILES string of the molecule is CCOC(=O)c1ccoc1COC(=O)C1CCN(S(=O)(=O)c2cccc(C(C)=O)c2)CC1. The van der Waals surface area contributed by atoms with E-state index in [0.29, 0.717) is 18.4 Å². The zero-order valence-corrected chi connectivity index (χ0v) is 18.7. The monoisotopic (exact) mass is 463 g/mol. The Morgan fingerprint density at radius 3 is 2.50 bits per heavy atom. The number of esters is 2. The highest BCUT2D eigenvalue weighted by molar-refractivity contribution is 7.89. The van der Waals surface area contributed by atoms with E-state index < -0.39 is 27.9 Å². The van der Waals surface area contributed by atoms with Crippen molar-refractivity contribution in [3.8, 4) is 0 Å². The van der Waals surface area contributed by atoms with Crippen LogP contribution in [0.15, 0.2) is 45.9 Å². The van der Waals surface area contributed by atoms with Crippen molar-refractivity contribution in [3.63, 3.8) is 0 Å². The second-order valence-corrected chi connectivity index (χ2v) is 9.29. The Bertz CT molecular complexity index is 1100. The van der Waals surface area contributed by atoms with Crippen LogP contribution in [0.5, 0.6) is 0 Å². The van der Waals surface area contributed by atoms with Gasteiger partial charge >= 0.3 is 11.9 Å². The fourth-order valence-corrected chi connectivity index (χ4v) is 4.97. The molecule has 172 valence electrons. The van der Waals surface area contributed by atoms with E-state index in [9.17, 15) is 22.8 Å². The van der Waals surface area contributed by atoms with Crippen LogP contribution in [-0.4, -0.2) is 50.1 Å². The average Bonchev–Trinajstić information content (AvgIpc) is 3.26. The van der Waals surface area contributed by atoms with Crippen molar-refractivity contribution in [2.24, 2.45) is 5.92 Å². The lowest BCUT2D eigenvalue weighted by molar-refractivity contribution is -0.151. The number of benzene rings is 1. The minimum absolute atomic E-state index is 0.0514. The number of carbonyl (C=O) groups is 3. The highest BCUT2D eigenvalue weighted by Gasteiger charge is 2.33. The summed E-state index contributed by atoms with van der Waals surface area (Å²) < 4.78 is 42.6. The lowest BCUT2D eigenvalue weighted by Crippen LogP contribution is -2.40. The van der Waals surface area contributed by atoms with Crippen LogP contribution in [0, 0.1) is 5.92 Å². The predicted octanol–water partition coefficient (Wildman–Crippen LogP) is 2.80. The highest BCUT2D eigenvalue weighted by Crippen LogP contribution is 2.26. The normalized spacial score (nSPS) is 15.3. The number of hydrogen-bond acceptors (Lipinski definition) is 8. The van der Waals surface area contributed by atoms with Crippen molar-refractivity contribution in [1.29, 1.82) is 0 Å². The molecule has 32 heavy (non-hydrogen) atoms. The number of Topliss-reactive ketones (excluding diaryl/α,β-unsaturated/α-hetero) is 1. The summed E-state index contributed by atoms with van der Waals surface area (Å²) in [5, 5.41) is 0. The van der Waals surface area contributed by atoms with Gasteiger partial charge in [0.15, 0.2) is 11.5 Å². The van der Waals surface area contributed by atoms with E-state index in [1.54, 1.807) is 13.0 Å². The Morgan fingerprint density at radius 1 is 1.12 bits per heavy atom. The molecule has 2 aromatic rings. The van der Waals surface area contributed by atoms with Gasteiger partial charge in [0, 0.05) is 18.7 Å². The second kappa shape index (κ2) is 10.1. The molecular formula is C22H25NO8S. The molecule has 1 aromatic carbocycles. The molecule has 0 amide bonds. The lowest BCUT2D eigenvalue weighted by Gasteiger charge is -2.30. The molecule has 1 aliphatic heterocycles. The topological polar surface area (TPSA) is 120 Å². The van der Waals surface area contributed by atoms with E-state index in [2.05, 4.69) is 0 Å². The van der Waals surface area contributed by atoms with Gasteiger partial charge in [0.1, 0.15) is 12.2 Å². The molecule has 3 rings (SSSR count). The fraction of sp³-hybridized carbons (Fsp3) is 0.409. The third-order valence-electron chi connectivity index (χ3n) is 5.25. The number of furan rings is 1. The minimum Gasteiger partial charge on any atom is -0.465 e. The Morgan fingerprint density at radius 2 is 1.84 bits per heavy atom. The molecule has 0 atom stereocenters. The van der Waals surface area contributed by atoms with Gasteiger partial charge in [-0.3, -0.25) is 9.59 Å². The molecule has 9 nitrogen and oxygen atoms in total. The Kier molecular flexibility index (Phi) is 7.47. The maximum absolute atomic E-state index is 12.9. The third-order valence-corrected chi connectivity index (χ3v) is 7.15. The van der Waals surface area contributed by atoms with Crippen LogP contribution >= 0.6 is 0 Å². The van der Waals surface area contributed by atoms with E-state index in [4.69, 9.17) is 13.9 Å². The standard InChI is InChI=1S/C22H25NO8S/c1-3-29-22(26)19-9-12-30-20(19)14-31-21(25)16-7-10-23(11-8-16)32(27,28)18-6-4-5-17(13-18)15(2)24/h4-6,9,12-13,16H,3,7-8,10-11,14H2,1-2H3. The first-order valence-electron chi connectivity index (χ1n) is 10.2. The zero-order chi connectivity index (χ0) is 23.3. The minimum atomic E-state index is -3.77. The lowest BCUT2D eigenvalue weighted by atomic mass is 9.98. The van der Waals surface area contributed by atoms with Crippen molar-refractivity contribution in [2.75, 3.05) is 19.7 Å². The molecule has 0 saturated carbocycles. The summed E-state index contributed by atoms with van der Waals surface area (Å²) in [6.45, 7) is 3.37. The average molecular weight is 464 g/mol. The van der Waals surface area contributed by atoms with Gasteiger partial charge in [-0.2, -0.15) is 4.31 Å². The highest BCUT2D eigenvalue weighted by atomic mass is 32.2. The largest absolute Gasteiger partial charge is 0.465 e. The summed E-state index contributed by atoms with van der Waals surface area (Å²) in [6, 6.07) is 7.36. The number of ether oxygens (including phenoxy) is 2. The first kappa shape index (κ1) is 23.7. The van der Waals surface area contributed by atoms with Crippen molar-refractivity contribution in [2.45, 2.75) is 38.2 Å². The molecule has 0 spiro atoms. The van der Waals surface area contributed by atoms with Gasteiger partial charge in [-0.15, -0.1) is 0 Å². The number of nitrogens with zero attached hydrogens (tertiary/aromatic N) is 1. The Labute approximate surface area is 186 Å². The van der Waals surface area contributed by atoms with Gasteiger partial charge in [-0.25, -0.2) is 13.2 Å². The molecule has 1 fully saturated rings. The molecule has 0 aliphatic carbocycles. The number of ketones is 1. The summed E-state index contributed by atoms with van der Waals surface area (Å²) in [4.78, 5) is 36.0. The van der Waals surface area contributed by atoms with E-state index in [0.717, 1.165) is 0 Å². The van der Waals surface area contributed by atoms with E-state index >= 15 is 0 Å². The van der Waals surface area contributed by atoms with Crippen LogP contribution in [0.2, 0.25) is 0 Å².